The SMILES string of the molecule is CC(C)(CCNC(=O)Cc1csc(C(C)(C)C)n1)C(=O)O. The van der Waals surface area contributed by atoms with Crippen LogP contribution < -0.4 is 5.32 Å². The van der Waals surface area contributed by atoms with Gasteiger partial charge in [-0.2, -0.15) is 0 Å². The lowest BCUT2D eigenvalue weighted by Crippen LogP contribution is -2.32. The normalized spacial score (nSPS) is 12.2. The van der Waals surface area contributed by atoms with Crippen LogP contribution in [0.25, 0.3) is 0 Å². The third kappa shape index (κ3) is 5.46. The summed E-state index contributed by atoms with van der Waals surface area (Å²) in [5.41, 5.74) is -0.0713. The van der Waals surface area contributed by atoms with Crippen molar-refractivity contribution in [2.45, 2.75) is 52.9 Å². The summed E-state index contributed by atoms with van der Waals surface area (Å²) in [4.78, 5) is 27.3. The number of carboxylic acid groups (broad SMARTS) is 1. The van der Waals surface area contributed by atoms with Crippen molar-refractivity contribution < 1.29 is 14.7 Å². The van der Waals surface area contributed by atoms with Gasteiger partial charge in [0.15, 0.2) is 0 Å². The number of carboxylic acids is 1. The van der Waals surface area contributed by atoms with E-state index in [1.807, 2.05) is 5.38 Å². The average molecular weight is 312 g/mol. The first kappa shape index (κ1) is 17.6. The molecule has 2 N–H and O–H groups in total. The number of carbonyl (C=O) groups excluding carboxylic acids is 1. The highest BCUT2D eigenvalue weighted by molar-refractivity contribution is 7.09. The minimum absolute atomic E-state index is 0.00902. The first-order valence-corrected chi connectivity index (χ1v) is 7.85. The van der Waals surface area contributed by atoms with Crippen molar-refractivity contribution in [3.05, 3.63) is 16.1 Å². The predicted octanol–water partition coefficient (Wildman–Crippen LogP) is 2.60. The fraction of sp³-hybridized carbons (Fsp3) is 0.667. The molecule has 1 amide bonds. The molecule has 0 aromatic carbocycles. The zero-order chi connectivity index (χ0) is 16.3. The van der Waals surface area contributed by atoms with Crippen molar-refractivity contribution in [2.75, 3.05) is 6.54 Å². The molecule has 0 unspecified atom stereocenters. The van der Waals surface area contributed by atoms with Crippen LogP contribution in [0.4, 0.5) is 0 Å². The molecule has 1 heterocycles. The molecule has 0 bridgehead atoms. The van der Waals surface area contributed by atoms with Crippen LogP contribution in [0, 0.1) is 5.41 Å². The van der Waals surface area contributed by atoms with E-state index < -0.39 is 11.4 Å². The predicted molar refractivity (Wildman–Crippen MR) is 83.6 cm³/mol. The molecule has 0 aliphatic rings. The summed E-state index contributed by atoms with van der Waals surface area (Å²) in [6, 6.07) is 0. The number of hydrogen-bond acceptors (Lipinski definition) is 4. The number of amides is 1. The molecule has 118 valence electrons. The number of nitrogens with one attached hydrogen (secondary N) is 1. The zero-order valence-corrected chi connectivity index (χ0v) is 14.1. The molecular formula is C15H24N2O3S. The number of thiazole rings is 1. The van der Waals surface area contributed by atoms with E-state index in [4.69, 9.17) is 5.11 Å². The summed E-state index contributed by atoms with van der Waals surface area (Å²) >= 11 is 1.56. The number of aromatic nitrogens is 1. The molecule has 1 aromatic rings. The highest BCUT2D eigenvalue weighted by Gasteiger charge is 2.26. The van der Waals surface area contributed by atoms with E-state index in [1.165, 1.54) is 0 Å². The Bertz CT molecular complexity index is 515. The molecular weight excluding hydrogens is 288 g/mol. The molecule has 0 spiro atoms. The third-order valence-electron chi connectivity index (χ3n) is 3.19. The minimum Gasteiger partial charge on any atom is -0.481 e. The van der Waals surface area contributed by atoms with Crippen LogP contribution in [0.2, 0.25) is 0 Å². The Hall–Kier alpha value is -1.43. The summed E-state index contributed by atoms with van der Waals surface area (Å²) < 4.78 is 0. The van der Waals surface area contributed by atoms with Crippen LogP contribution in [0.1, 0.15) is 51.7 Å². The third-order valence-corrected chi connectivity index (χ3v) is 4.50. The summed E-state index contributed by atoms with van der Waals surface area (Å²) in [7, 11) is 0. The molecule has 5 nitrogen and oxygen atoms in total. The molecule has 1 aromatic heterocycles. The van der Waals surface area contributed by atoms with Gasteiger partial charge < -0.3 is 10.4 Å². The number of rotatable bonds is 6. The van der Waals surface area contributed by atoms with E-state index in [0.29, 0.717) is 13.0 Å². The summed E-state index contributed by atoms with van der Waals surface area (Å²) in [6.45, 7) is 9.92. The Morgan fingerprint density at radius 1 is 1.29 bits per heavy atom. The first-order chi connectivity index (χ1) is 9.52. The van der Waals surface area contributed by atoms with Gasteiger partial charge in [-0.05, 0) is 20.3 Å². The van der Waals surface area contributed by atoms with E-state index in [1.54, 1.807) is 25.2 Å². The fourth-order valence-electron chi connectivity index (χ4n) is 1.58. The van der Waals surface area contributed by atoms with Crippen molar-refractivity contribution in [3.8, 4) is 0 Å². The molecule has 0 saturated carbocycles. The quantitative estimate of drug-likeness (QED) is 0.846. The van der Waals surface area contributed by atoms with Crippen molar-refractivity contribution in [2.24, 2.45) is 5.41 Å². The van der Waals surface area contributed by atoms with Crippen molar-refractivity contribution >= 4 is 23.2 Å². The summed E-state index contributed by atoms with van der Waals surface area (Å²) in [5, 5.41) is 14.7. The van der Waals surface area contributed by atoms with Gasteiger partial charge in [-0.25, -0.2) is 4.98 Å². The van der Waals surface area contributed by atoms with E-state index in [9.17, 15) is 9.59 Å². The molecule has 21 heavy (non-hydrogen) atoms. The molecule has 0 aliphatic carbocycles. The standard InChI is InChI=1S/C15H24N2O3S/c1-14(2,3)12-17-10(9-21-12)8-11(18)16-7-6-15(4,5)13(19)20/h9H,6-8H2,1-5H3,(H,16,18)(H,19,20). The summed E-state index contributed by atoms with van der Waals surface area (Å²) in [6.07, 6.45) is 0.637. The van der Waals surface area contributed by atoms with Crippen LogP contribution in [-0.4, -0.2) is 28.5 Å². The Kier molecular flexibility index (Phi) is 5.50. The van der Waals surface area contributed by atoms with Gasteiger partial charge in [0.2, 0.25) is 5.91 Å². The van der Waals surface area contributed by atoms with E-state index in [2.05, 4.69) is 31.1 Å². The molecule has 0 atom stereocenters. The van der Waals surface area contributed by atoms with Crippen LogP contribution in [-0.2, 0) is 21.4 Å². The lowest BCUT2D eigenvalue weighted by molar-refractivity contribution is -0.147. The number of carbonyl (C=O) groups is 2. The van der Waals surface area contributed by atoms with Gasteiger partial charge in [-0.15, -0.1) is 11.3 Å². The second-order valence-electron chi connectivity index (χ2n) is 6.86. The maximum atomic E-state index is 11.8. The second-order valence-corrected chi connectivity index (χ2v) is 7.72. The smallest absolute Gasteiger partial charge is 0.309 e. The van der Waals surface area contributed by atoms with E-state index in [-0.39, 0.29) is 17.7 Å². The van der Waals surface area contributed by atoms with Crippen LogP contribution in [0.5, 0.6) is 0 Å². The van der Waals surface area contributed by atoms with Gasteiger partial charge >= 0.3 is 5.97 Å². The van der Waals surface area contributed by atoms with Gasteiger partial charge in [0.25, 0.3) is 0 Å². The topological polar surface area (TPSA) is 79.3 Å². The molecule has 6 heteroatoms. The molecule has 0 aliphatic heterocycles. The number of hydrogen-bond donors (Lipinski definition) is 2. The van der Waals surface area contributed by atoms with Crippen LogP contribution >= 0.6 is 11.3 Å². The van der Waals surface area contributed by atoms with Crippen LogP contribution in [0.3, 0.4) is 0 Å². The Labute approximate surface area is 129 Å². The maximum Gasteiger partial charge on any atom is 0.309 e. The maximum absolute atomic E-state index is 11.8. The Morgan fingerprint density at radius 2 is 1.90 bits per heavy atom. The van der Waals surface area contributed by atoms with Crippen LogP contribution in [0.15, 0.2) is 5.38 Å². The Morgan fingerprint density at radius 3 is 2.38 bits per heavy atom. The zero-order valence-electron chi connectivity index (χ0n) is 13.3. The number of aliphatic carboxylic acids is 1. The van der Waals surface area contributed by atoms with Gasteiger partial charge in [0.1, 0.15) is 0 Å². The highest BCUT2D eigenvalue weighted by atomic mass is 32.1. The Balaban J connectivity index is 2.45. The average Bonchev–Trinajstić information content (AvgIpc) is 2.76. The van der Waals surface area contributed by atoms with Crippen molar-refractivity contribution in [1.29, 1.82) is 0 Å². The second kappa shape index (κ2) is 6.56. The lowest BCUT2D eigenvalue weighted by Gasteiger charge is -2.18. The van der Waals surface area contributed by atoms with Gasteiger partial charge in [0.05, 0.1) is 22.5 Å². The fourth-order valence-corrected chi connectivity index (χ4v) is 2.49. The van der Waals surface area contributed by atoms with Gasteiger partial charge in [-0.1, -0.05) is 20.8 Å². The van der Waals surface area contributed by atoms with Gasteiger partial charge in [0, 0.05) is 17.3 Å². The minimum atomic E-state index is -0.855. The van der Waals surface area contributed by atoms with Gasteiger partial charge in [-0.3, -0.25) is 9.59 Å². The lowest BCUT2D eigenvalue weighted by atomic mass is 9.90. The van der Waals surface area contributed by atoms with E-state index in [0.717, 1.165) is 10.7 Å². The van der Waals surface area contributed by atoms with Crippen molar-refractivity contribution in [1.82, 2.24) is 10.3 Å². The summed E-state index contributed by atoms with van der Waals surface area (Å²) in [5.74, 6) is -0.979. The molecule has 0 fully saturated rings. The van der Waals surface area contributed by atoms with E-state index >= 15 is 0 Å². The first-order valence-electron chi connectivity index (χ1n) is 6.97. The molecule has 1 rings (SSSR count). The van der Waals surface area contributed by atoms with Crippen molar-refractivity contribution in [3.63, 3.8) is 0 Å². The number of nitrogens with zero attached hydrogens (tertiary/aromatic N) is 1. The molecule has 0 radical (unpaired) electrons. The largest absolute Gasteiger partial charge is 0.481 e. The highest BCUT2D eigenvalue weighted by Crippen LogP contribution is 2.25. The monoisotopic (exact) mass is 312 g/mol. The molecule has 0 saturated heterocycles.